The van der Waals surface area contributed by atoms with Crippen LogP contribution in [0, 0.1) is 23.3 Å². The van der Waals surface area contributed by atoms with Crippen LogP contribution in [0.15, 0.2) is 48.5 Å². The topological polar surface area (TPSA) is 66.9 Å². The molecule has 26 heavy (non-hydrogen) atoms. The molecule has 0 bridgehead atoms. The Morgan fingerprint density at radius 1 is 0.808 bits per heavy atom. The van der Waals surface area contributed by atoms with Gasteiger partial charge in [-0.2, -0.15) is 0 Å². The molecule has 1 heterocycles. The van der Waals surface area contributed by atoms with Gasteiger partial charge < -0.3 is 10.6 Å². The summed E-state index contributed by atoms with van der Waals surface area (Å²) in [6.07, 6.45) is 0. The molecule has 0 spiro atoms. The molecule has 3 rings (SSSR count). The van der Waals surface area contributed by atoms with Crippen molar-refractivity contribution >= 4 is 23.1 Å². The van der Waals surface area contributed by atoms with Gasteiger partial charge in [0.15, 0.2) is 23.1 Å². The van der Waals surface area contributed by atoms with E-state index in [0.29, 0.717) is 6.07 Å². The molecule has 0 saturated carbocycles. The number of hydrogen-bond acceptors (Lipinski definition) is 4. The van der Waals surface area contributed by atoms with Crippen molar-refractivity contribution in [3.05, 3.63) is 77.5 Å². The standard InChI is InChI=1S/C17H10F4N4O/c18-9-1-4-14(13(21)7-9)23-17(26)15-5-6-16(25-24-15)22-10-2-3-11(19)12(20)8-10/h1-8H,(H,22,25)(H,23,26). The molecule has 0 aliphatic rings. The van der Waals surface area contributed by atoms with Crippen LogP contribution in [0.5, 0.6) is 0 Å². The number of carbonyl (C=O) groups is 1. The van der Waals surface area contributed by atoms with Crippen molar-refractivity contribution in [2.45, 2.75) is 0 Å². The van der Waals surface area contributed by atoms with Gasteiger partial charge >= 0.3 is 0 Å². The molecular formula is C17H10F4N4O. The molecule has 9 heteroatoms. The maximum atomic E-state index is 13.5. The van der Waals surface area contributed by atoms with Crippen LogP contribution < -0.4 is 10.6 Å². The minimum Gasteiger partial charge on any atom is -0.339 e. The summed E-state index contributed by atoms with van der Waals surface area (Å²) >= 11 is 0. The summed E-state index contributed by atoms with van der Waals surface area (Å²) in [6, 6.07) is 8.58. The van der Waals surface area contributed by atoms with E-state index in [4.69, 9.17) is 0 Å². The predicted molar refractivity (Wildman–Crippen MR) is 86.0 cm³/mol. The number of nitrogens with one attached hydrogen (secondary N) is 2. The third-order valence-corrected chi connectivity index (χ3v) is 3.27. The summed E-state index contributed by atoms with van der Waals surface area (Å²) < 4.78 is 52.4. The van der Waals surface area contributed by atoms with Gasteiger partial charge in [-0.25, -0.2) is 17.6 Å². The summed E-state index contributed by atoms with van der Waals surface area (Å²) in [6.45, 7) is 0. The Labute approximate surface area is 144 Å². The lowest BCUT2D eigenvalue weighted by Gasteiger charge is -2.07. The van der Waals surface area contributed by atoms with E-state index in [9.17, 15) is 22.4 Å². The number of anilines is 3. The van der Waals surface area contributed by atoms with Gasteiger partial charge in [0, 0.05) is 17.8 Å². The predicted octanol–water partition coefficient (Wildman–Crippen LogP) is 4.03. The van der Waals surface area contributed by atoms with Gasteiger partial charge in [-0.15, -0.1) is 10.2 Å². The van der Waals surface area contributed by atoms with Gasteiger partial charge in [-0.1, -0.05) is 0 Å². The first-order valence-electron chi connectivity index (χ1n) is 7.24. The maximum absolute atomic E-state index is 13.5. The minimum atomic E-state index is -1.03. The Hall–Kier alpha value is -3.49. The molecular weight excluding hydrogens is 352 g/mol. The minimum absolute atomic E-state index is 0.121. The molecule has 0 radical (unpaired) electrons. The number of nitrogens with zero attached hydrogens (tertiary/aromatic N) is 2. The van der Waals surface area contributed by atoms with Crippen molar-refractivity contribution in [1.29, 1.82) is 0 Å². The van der Waals surface area contributed by atoms with Crippen molar-refractivity contribution in [3.63, 3.8) is 0 Å². The Morgan fingerprint density at radius 3 is 2.27 bits per heavy atom. The molecule has 2 N–H and O–H groups in total. The number of hydrogen-bond donors (Lipinski definition) is 2. The lowest BCUT2D eigenvalue weighted by atomic mass is 10.2. The van der Waals surface area contributed by atoms with E-state index in [-0.39, 0.29) is 22.9 Å². The van der Waals surface area contributed by atoms with E-state index in [0.717, 1.165) is 24.3 Å². The zero-order valence-corrected chi connectivity index (χ0v) is 12.9. The maximum Gasteiger partial charge on any atom is 0.276 e. The Kier molecular flexibility index (Phi) is 4.78. The van der Waals surface area contributed by atoms with E-state index in [2.05, 4.69) is 20.8 Å². The highest BCUT2D eigenvalue weighted by molar-refractivity contribution is 6.02. The van der Waals surface area contributed by atoms with Crippen LogP contribution in [-0.2, 0) is 0 Å². The van der Waals surface area contributed by atoms with Gasteiger partial charge in [0.1, 0.15) is 11.6 Å². The summed E-state index contributed by atoms with van der Waals surface area (Å²) in [5.74, 6) is -4.28. The van der Waals surface area contributed by atoms with Crippen LogP contribution in [0.3, 0.4) is 0 Å². The molecule has 1 aromatic heterocycles. The molecule has 2 aromatic carbocycles. The third-order valence-electron chi connectivity index (χ3n) is 3.27. The molecule has 5 nitrogen and oxygen atoms in total. The van der Waals surface area contributed by atoms with Crippen molar-refractivity contribution < 1.29 is 22.4 Å². The van der Waals surface area contributed by atoms with Gasteiger partial charge in [-0.3, -0.25) is 4.79 Å². The second kappa shape index (κ2) is 7.18. The van der Waals surface area contributed by atoms with E-state index >= 15 is 0 Å². The smallest absolute Gasteiger partial charge is 0.276 e. The first-order chi connectivity index (χ1) is 12.4. The number of halogens is 4. The van der Waals surface area contributed by atoms with Crippen LogP contribution in [-0.4, -0.2) is 16.1 Å². The van der Waals surface area contributed by atoms with Crippen LogP contribution >= 0.6 is 0 Å². The second-order valence-corrected chi connectivity index (χ2v) is 5.14. The first kappa shape index (κ1) is 17.3. The third kappa shape index (κ3) is 3.94. The monoisotopic (exact) mass is 362 g/mol. The molecule has 0 unspecified atom stereocenters. The van der Waals surface area contributed by atoms with Crippen LogP contribution in [0.1, 0.15) is 10.5 Å². The molecule has 0 aliphatic carbocycles. The average Bonchev–Trinajstić information content (AvgIpc) is 2.61. The highest BCUT2D eigenvalue weighted by Crippen LogP contribution is 2.18. The fourth-order valence-electron chi connectivity index (χ4n) is 2.02. The van der Waals surface area contributed by atoms with E-state index in [1.807, 2.05) is 0 Å². The number of benzene rings is 2. The first-order valence-corrected chi connectivity index (χ1v) is 7.24. The fourth-order valence-corrected chi connectivity index (χ4v) is 2.02. The molecule has 3 aromatic rings. The van der Waals surface area contributed by atoms with Gasteiger partial charge in [0.05, 0.1) is 5.69 Å². The number of rotatable bonds is 4. The SMILES string of the molecule is O=C(Nc1ccc(F)cc1F)c1ccc(Nc2ccc(F)c(F)c2)nn1. The molecule has 132 valence electrons. The Balaban J connectivity index is 1.70. The fraction of sp³-hybridized carbons (Fsp3) is 0. The van der Waals surface area contributed by atoms with Crippen molar-refractivity contribution in [2.24, 2.45) is 0 Å². The molecule has 0 saturated heterocycles. The zero-order valence-electron chi connectivity index (χ0n) is 12.9. The van der Waals surface area contributed by atoms with Crippen molar-refractivity contribution in [1.82, 2.24) is 10.2 Å². The van der Waals surface area contributed by atoms with Crippen LogP contribution in [0.4, 0.5) is 34.8 Å². The number of aromatic nitrogens is 2. The van der Waals surface area contributed by atoms with Gasteiger partial charge in [0.2, 0.25) is 0 Å². The number of amides is 1. The van der Waals surface area contributed by atoms with Gasteiger partial charge in [-0.05, 0) is 36.4 Å². The highest BCUT2D eigenvalue weighted by Gasteiger charge is 2.12. The molecule has 1 amide bonds. The van der Waals surface area contributed by atoms with Crippen LogP contribution in [0.2, 0.25) is 0 Å². The lowest BCUT2D eigenvalue weighted by Crippen LogP contribution is -2.15. The lowest BCUT2D eigenvalue weighted by molar-refractivity contribution is 0.102. The Bertz CT molecular complexity index is 963. The van der Waals surface area contributed by atoms with E-state index < -0.39 is 29.2 Å². The summed E-state index contributed by atoms with van der Waals surface area (Å²) in [7, 11) is 0. The molecule has 0 fully saturated rings. The quantitative estimate of drug-likeness (QED) is 0.688. The highest BCUT2D eigenvalue weighted by atomic mass is 19.2. The van der Waals surface area contributed by atoms with E-state index in [1.165, 1.54) is 18.2 Å². The summed E-state index contributed by atoms with van der Waals surface area (Å²) in [5.41, 5.74) is -0.0875. The van der Waals surface area contributed by atoms with Crippen LogP contribution in [0.25, 0.3) is 0 Å². The van der Waals surface area contributed by atoms with Gasteiger partial charge in [0.25, 0.3) is 5.91 Å². The number of carbonyl (C=O) groups excluding carboxylic acids is 1. The zero-order chi connectivity index (χ0) is 18.7. The van der Waals surface area contributed by atoms with Crippen molar-refractivity contribution in [3.8, 4) is 0 Å². The normalized spacial score (nSPS) is 10.5. The van der Waals surface area contributed by atoms with Crippen molar-refractivity contribution in [2.75, 3.05) is 10.6 Å². The summed E-state index contributed by atoms with van der Waals surface area (Å²) in [5, 5.41) is 12.3. The molecule has 0 atom stereocenters. The second-order valence-electron chi connectivity index (χ2n) is 5.14. The largest absolute Gasteiger partial charge is 0.339 e. The average molecular weight is 362 g/mol. The van der Waals surface area contributed by atoms with E-state index in [1.54, 1.807) is 0 Å². The molecule has 0 aliphatic heterocycles. The summed E-state index contributed by atoms with van der Waals surface area (Å²) in [4.78, 5) is 12.0. The Morgan fingerprint density at radius 2 is 1.62 bits per heavy atom.